The lowest BCUT2D eigenvalue weighted by molar-refractivity contribution is 0.340. The van der Waals surface area contributed by atoms with Crippen LogP contribution in [0.25, 0.3) is 5.69 Å². The molecule has 0 amide bonds. The number of hydrogen-bond donors (Lipinski definition) is 0. The number of rotatable bonds is 5. The van der Waals surface area contributed by atoms with E-state index in [0.717, 1.165) is 17.0 Å². The van der Waals surface area contributed by atoms with Crippen LogP contribution in [0.1, 0.15) is 35.0 Å². The van der Waals surface area contributed by atoms with Crippen molar-refractivity contribution in [1.82, 2.24) is 4.57 Å². The van der Waals surface area contributed by atoms with E-state index in [4.69, 9.17) is 4.74 Å². The van der Waals surface area contributed by atoms with E-state index in [2.05, 4.69) is 61.5 Å². The fourth-order valence-corrected chi connectivity index (χ4v) is 3.14. The Hall–Kier alpha value is -2.81. The number of ether oxygens (including phenoxy) is 1. The third-order valence-electron chi connectivity index (χ3n) is 4.70. The maximum atomic E-state index is 5.55. The van der Waals surface area contributed by atoms with Crippen LogP contribution in [0.3, 0.4) is 0 Å². The summed E-state index contributed by atoms with van der Waals surface area (Å²) in [6.07, 6.45) is 1.94. The van der Waals surface area contributed by atoms with Crippen LogP contribution in [0.15, 0.2) is 53.5 Å². The Bertz CT molecular complexity index is 951. The third-order valence-corrected chi connectivity index (χ3v) is 4.70. The van der Waals surface area contributed by atoms with Gasteiger partial charge in [-0.05, 0) is 76.1 Å². The first-order valence-electron chi connectivity index (χ1n) is 9.03. The van der Waals surface area contributed by atoms with Gasteiger partial charge in [0.1, 0.15) is 5.75 Å². The quantitative estimate of drug-likeness (QED) is 0.531. The largest absolute Gasteiger partial charge is 0.494 e. The van der Waals surface area contributed by atoms with E-state index in [1.165, 1.54) is 28.2 Å². The van der Waals surface area contributed by atoms with Crippen molar-refractivity contribution in [2.75, 3.05) is 6.61 Å². The molecule has 1 heterocycles. The first kappa shape index (κ1) is 18.0. The second-order valence-corrected chi connectivity index (χ2v) is 6.62. The molecule has 0 bridgehead atoms. The van der Waals surface area contributed by atoms with Crippen LogP contribution in [0.5, 0.6) is 5.75 Å². The number of aliphatic imine (C=N–C) groups is 1. The lowest BCUT2D eigenvalue weighted by Crippen LogP contribution is -2.00. The molecule has 0 atom stereocenters. The van der Waals surface area contributed by atoms with Gasteiger partial charge in [-0.25, -0.2) is 0 Å². The first-order valence-corrected chi connectivity index (χ1v) is 9.03. The minimum absolute atomic E-state index is 0.657. The Labute approximate surface area is 156 Å². The molecule has 0 saturated heterocycles. The van der Waals surface area contributed by atoms with Crippen LogP contribution in [0.4, 0.5) is 5.69 Å². The molecule has 3 nitrogen and oxygen atoms in total. The highest BCUT2D eigenvalue weighted by molar-refractivity contribution is 5.84. The molecule has 0 N–H and O–H groups in total. The molecule has 0 radical (unpaired) electrons. The predicted molar refractivity (Wildman–Crippen MR) is 110 cm³/mol. The van der Waals surface area contributed by atoms with E-state index in [-0.39, 0.29) is 0 Å². The van der Waals surface area contributed by atoms with E-state index in [1.54, 1.807) is 0 Å². The van der Waals surface area contributed by atoms with Crippen molar-refractivity contribution in [3.8, 4) is 11.4 Å². The molecule has 0 aliphatic rings. The Morgan fingerprint density at radius 2 is 1.77 bits per heavy atom. The van der Waals surface area contributed by atoms with Gasteiger partial charge in [0.05, 0.1) is 12.3 Å². The van der Waals surface area contributed by atoms with Gasteiger partial charge in [0.15, 0.2) is 0 Å². The molecular formula is C23H26N2O. The summed E-state index contributed by atoms with van der Waals surface area (Å²) in [7, 11) is 0. The lowest BCUT2D eigenvalue weighted by Gasteiger charge is -2.11. The average molecular weight is 346 g/mol. The van der Waals surface area contributed by atoms with Crippen LogP contribution in [-0.4, -0.2) is 17.4 Å². The monoisotopic (exact) mass is 346 g/mol. The first-order chi connectivity index (χ1) is 12.5. The molecule has 0 aliphatic heterocycles. The summed E-state index contributed by atoms with van der Waals surface area (Å²) >= 11 is 0. The Morgan fingerprint density at radius 3 is 2.50 bits per heavy atom. The topological polar surface area (TPSA) is 26.5 Å². The SMILES string of the molecule is CCOc1cccc(N=Cc2cc(C)n(-c3ccc(C)c(C)c3)c2C)c1. The smallest absolute Gasteiger partial charge is 0.121 e. The normalized spacial score (nSPS) is 11.3. The lowest BCUT2D eigenvalue weighted by atomic mass is 10.1. The molecule has 26 heavy (non-hydrogen) atoms. The van der Waals surface area contributed by atoms with Crippen LogP contribution in [-0.2, 0) is 0 Å². The van der Waals surface area contributed by atoms with Crippen molar-refractivity contribution in [2.45, 2.75) is 34.6 Å². The molecule has 0 spiro atoms. The van der Waals surface area contributed by atoms with Crippen LogP contribution in [0, 0.1) is 27.7 Å². The fraction of sp³-hybridized carbons (Fsp3) is 0.261. The maximum Gasteiger partial charge on any atom is 0.121 e. The summed E-state index contributed by atoms with van der Waals surface area (Å²) < 4.78 is 7.83. The summed E-state index contributed by atoms with van der Waals surface area (Å²) in [4.78, 5) is 4.64. The van der Waals surface area contributed by atoms with E-state index in [0.29, 0.717) is 6.61 Å². The van der Waals surface area contributed by atoms with E-state index >= 15 is 0 Å². The molecule has 0 saturated carbocycles. The van der Waals surface area contributed by atoms with Crippen molar-refractivity contribution in [2.24, 2.45) is 4.99 Å². The molecule has 134 valence electrons. The number of aromatic nitrogens is 1. The minimum atomic E-state index is 0.657. The van der Waals surface area contributed by atoms with Gasteiger partial charge in [-0.3, -0.25) is 4.99 Å². The second kappa shape index (κ2) is 7.61. The zero-order chi connectivity index (χ0) is 18.7. The second-order valence-electron chi connectivity index (χ2n) is 6.62. The number of hydrogen-bond acceptors (Lipinski definition) is 2. The molecule has 3 heteroatoms. The van der Waals surface area contributed by atoms with Gasteiger partial charge >= 0.3 is 0 Å². The van der Waals surface area contributed by atoms with Crippen molar-refractivity contribution in [3.05, 3.63) is 76.6 Å². The highest BCUT2D eigenvalue weighted by atomic mass is 16.5. The zero-order valence-corrected chi connectivity index (χ0v) is 16.2. The third kappa shape index (κ3) is 3.72. The number of nitrogens with zero attached hydrogens (tertiary/aromatic N) is 2. The summed E-state index contributed by atoms with van der Waals surface area (Å²) in [6.45, 7) is 11.2. The standard InChI is InChI=1S/C23H26N2O/c1-6-26-23-9-7-8-21(14-23)24-15-20-13-18(4)25(19(20)5)22-11-10-16(2)17(3)12-22/h7-15H,6H2,1-5H3. The van der Waals surface area contributed by atoms with Crippen molar-refractivity contribution in [1.29, 1.82) is 0 Å². The zero-order valence-electron chi connectivity index (χ0n) is 16.2. The van der Waals surface area contributed by atoms with Gasteiger partial charge in [-0.2, -0.15) is 0 Å². The molecule has 3 aromatic rings. The highest BCUT2D eigenvalue weighted by Gasteiger charge is 2.10. The highest BCUT2D eigenvalue weighted by Crippen LogP contribution is 2.23. The van der Waals surface area contributed by atoms with E-state index < -0.39 is 0 Å². The van der Waals surface area contributed by atoms with Gasteiger partial charge in [-0.1, -0.05) is 12.1 Å². The van der Waals surface area contributed by atoms with Gasteiger partial charge < -0.3 is 9.30 Å². The van der Waals surface area contributed by atoms with Crippen LogP contribution < -0.4 is 4.74 Å². The van der Waals surface area contributed by atoms with E-state index in [9.17, 15) is 0 Å². The molecule has 0 fully saturated rings. The van der Waals surface area contributed by atoms with Gasteiger partial charge in [-0.15, -0.1) is 0 Å². The summed E-state index contributed by atoms with van der Waals surface area (Å²) in [6, 6.07) is 16.6. The van der Waals surface area contributed by atoms with Gasteiger partial charge in [0, 0.05) is 34.9 Å². The van der Waals surface area contributed by atoms with Gasteiger partial charge in [0.25, 0.3) is 0 Å². The Balaban J connectivity index is 1.92. The summed E-state index contributed by atoms with van der Waals surface area (Å²) in [5.74, 6) is 0.850. The number of benzene rings is 2. The molecule has 1 aromatic heterocycles. The molecule has 0 aliphatic carbocycles. The average Bonchev–Trinajstić information content (AvgIpc) is 2.90. The van der Waals surface area contributed by atoms with Crippen LogP contribution >= 0.6 is 0 Å². The van der Waals surface area contributed by atoms with Crippen molar-refractivity contribution >= 4 is 11.9 Å². The summed E-state index contributed by atoms with van der Waals surface area (Å²) in [5.41, 5.74) is 8.23. The molecule has 2 aromatic carbocycles. The van der Waals surface area contributed by atoms with Gasteiger partial charge in [0.2, 0.25) is 0 Å². The maximum absolute atomic E-state index is 5.55. The molecular weight excluding hydrogens is 320 g/mol. The minimum Gasteiger partial charge on any atom is -0.494 e. The Morgan fingerprint density at radius 1 is 0.962 bits per heavy atom. The van der Waals surface area contributed by atoms with Crippen molar-refractivity contribution in [3.63, 3.8) is 0 Å². The van der Waals surface area contributed by atoms with E-state index in [1.807, 2.05) is 37.4 Å². The molecule has 0 unspecified atom stereocenters. The van der Waals surface area contributed by atoms with Crippen molar-refractivity contribution < 1.29 is 4.74 Å². The Kier molecular flexibility index (Phi) is 5.27. The predicted octanol–water partition coefficient (Wildman–Crippen LogP) is 5.86. The van der Waals surface area contributed by atoms with Crippen LogP contribution in [0.2, 0.25) is 0 Å². The molecule has 3 rings (SSSR count). The number of aryl methyl sites for hydroxylation is 3. The fourth-order valence-electron chi connectivity index (χ4n) is 3.14. The summed E-state index contributed by atoms with van der Waals surface area (Å²) in [5, 5.41) is 0.